The highest BCUT2D eigenvalue weighted by atomic mass is 31.2. The Bertz CT molecular complexity index is 650. The van der Waals surface area contributed by atoms with Gasteiger partial charge in [0.05, 0.1) is 20.3 Å². The topological polar surface area (TPSA) is 56.8 Å². The van der Waals surface area contributed by atoms with Crippen molar-refractivity contribution < 1.29 is 18.3 Å². The average Bonchev–Trinajstić information content (AvgIpc) is 2.61. The molecule has 2 aromatic carbocycles. The first kappa shape index (κ1) is 18.5. The quantitative estimate of drug-likeness (QED) is 0.640. The van der Waals surface area contributed by atoms with E-state index in [0.29, 0.717) is 13.2 Å². The van der Waals surface area contributed by atoms with E-state index >= 15 is 0 Å². The fourth-order valence-electron chi connectivity index (χ4n) is 2.37. The van der Waals surface area contributed by atoms with Gasteiger partial charge in [-0.2, -0.15) is 0 Å². The van der Waals surface area contributed by atoms with Crippen LogP contribution in [0.3, 0.4) is 0 Å². The highest BCUT2D eigenvalue weighted by molar-refractivity contribution is 7.54. The molecule has 0 fully saturated rings. The van der Waals surface area contributed by atoms with E-state index in [0.717, 1.165) is 17.0 Å². The molecule has 5 nitrogen and oxygen atoms in total. The molecular weight excluding hydrogens is 325 g/mol. The van der Waals surface area contributed by atoms with E-state index in [1.54, 1.807) is 21.0 Å². The van der Waals surface area contributed by atoms with E-state index in [9.17, 15) is 4.57 Å². The van der Waals surface area contributed by atoms with Crippen LogP contribution >= 0.6 is 7.60 Å². The Morgan fingerprint density at radius 1 is 0.958 bits per heavy atom. The van der Waals surface area contributed by atoms with Crippen molar-refractivity contribution in [1.82, 2.24) is 0 Å². The predicted molar refractivity (Wildman–Crippen MR) is 96.7 cm³/mol. The van der Waals surface area contributed by atoms with Gasteiger partial charge in [0.15, 0.2) is 5.78 Å². The van der Waals surface area contributed by atoms with Gasteiger partial charge in [-0.05, 0) is 43.7 Å². The second kappa shape index (κ2) is 8.88. The van der Waals surface area contributed by atoms with Crippen LogP contribution in [0, 0.1) is 0 Å². The fourth-order valence-corrected chi connectivity index (χ4v) is 4.31. The van der Waals surface area contributed by atoms with Crippen LogP contribution in [0.1, 0.15) is 25.2 Å². The molecule has 0 saturated heterocycles. The summed E-state index contributed by atoms with van der Waals surface area (Å²) < 4.78 is 29.6. The van der Waals surface area contributed by atoms with Crippen LogP contribution in [0.4, 0.5) is 5.69 Å². The van der Waals surface area contributed by atoms with Crippen molar-refractivity contribution in [2.45, 2.75) is 19.6 Å². The maximum absolute atomic E-state index is 13.3. The first-order valence-corrected chi connectivity index (χ1v) is 9.58. The van der Waals surface area contributed by atoms with Crippen LogP contribution in [0.25, 0.3) is 0 Å². The zero-order valence-corrected chi connectivity index (χ0v) is 15.2. The van der Waals surface area contributed by atoms with E-state index in [-0.39, 0.29) is 0 Å². The Morgan fingerprint density at radius 3 is 2.04 bits per heavy atom. The molecule has 0 saturated carbocycles. The average molecular weight is 349 g/mol. The van der Waals surface area contributed by atoms with Crippen molar-refractivity contribution in [2.24, 2.45) is 0 Å². The lowest BCUT2D eigenvalue weighted by atomic mass is 10.2. The maximum atomic E-state index is 13.3. The molecule has 0 unspecified atom stereocenters. The summed E-state index contributed by atoms with van der Waals surface area (Å²) in [5.74, 6) is 0.130. The zero-order valence-electron chi connectivity index (χ0n) is 14.3. The molecular formula is C18H24NO4P. The molecule has 0 heterocycles. The van der Waals surface area contributed by atoms with Crippen LogP contribution in [-0.4, -0.2) is 20.3 Å². The van der Waals surface area contributed by atoms with Crippen molar-refractivity contribution in [3.8, 4) is 5.75 Å². The first-order chi connectivity index (χ1) is 11.6. The van der Waals surface area contributed by atoms with Crippen molar-refractivity contribution >= 4 is 13.3 Å². The van der Waals surface area contributed by atoms with Crippen LogP contribution in [-0.2, 0) is 13.6 Å². The lowest BCUT2D eigenvalue weighted by Gasteiger charge is -2.28. The van der Waals surface area contributed by atoms with Crippen LogP contribution in [0.2, 0.25) is 0 Å². The maximum Gasteiger partial charge on any atom is 0.357 e. The van der Waals surface area contributed by atoms with E-state index in [1.807, 2.05) is 54.6 Å². The summed E-state index contributed by atoms with van der Waals surface area (Å²) in [4.78, 5) is 0. The molecule has 6 heteroatoms. The number of nitrogens with one attached hydrogen (secondary N) is 1. The summed E-state index contributed by atoms with van der Waals surface area (Å²) >= 11 is 0. The summed E-state index contributed by atoms with van der Waals surface area (Å²) in [5.41, 5.74) is 1.66. The minimum Gasteiger partial charge on any atom is -0.497 e. The van der Waals surface area contributed by atoms with E-state index < -0.39 is 13.4 Å². The number of rotatable bonds is 9. The lowest BCUT2D eigenvalue weighted by Crippen LogP contribution is -2.15. The molecule has 0 radical (unpaired) electrons. The molecule has 1 N–H and O–H groups in total. The Kier molecular flexibility index (Phi) is 6.85. The van der Waals surface area contributed by atoms with Gasteiger partial charge in [0.2, 0.25) is 0 Å². The minimum absolute atomic E-state index is 0.306. The summed E-state index contributed by atoms with van der Waals surface area (Å²) in [6.45, 7) is 4.22. The van der Waals surface area contributed by atoms with Gasteiger partial charge in [-0.1, -0.05) is 30.3 Å². The summed E-state index contributed by atoms with van der Waals surface area (Å²) in [5, 5.41) is 3.29. The second-order valence-corrected chi connectivity index (χ2v) is 7.17. The number of methoxy groups -OCH3 is 1. The van der Waals surface area contributed by atoms with Gasteiger partial charge in [-0.3, -0.25) is 4.57 Å². The SMILES string of the molecule is CCOP(=O)(OCC)[C@H](Nc1ccccc1)c1ccc(OC)cc1. The number of hydrogen-bond acceptors (Lipinski definition) is 5. The molecule has 0 aromatic heterocycles. The number of benzene rings is 2. The zero-order chi connectivity index (χ0) is 17.4. The van der Waals surface area contributed by atoms with E-state index in [4.69, 9.17) is 13.8 Å². The first-order valence-electron chi connectivity index (χ1n) is 7.97. The Morgan fingerprint density at radius 2 is 1.54 bits per heavy atom. The van der Waals surface area contributed by atoms with Gasteiger partial charge in [0.25, 0.3) is 0 Å². The summed E-state index contributed by atoms with van der Waals surface area (Å²) in [6.07, 6.45) is 0. The molecule has 0 aliphatic rings. The molecule has 130 valence electrons. The predicted octanol–water partition coefficient (Wildman–Crippen LogP) is 5.07. The Hall–Kier alpha value is -1.81. The fraction of sp³-hybridized carbons (Fsp3) is 0.333. The van der Waals surface area contributed by atoms with Gasteiger partial charge in [-0.15, -0.1) is 0 Å². The number of anilines is 1. The van der Waals surface area contributed by atoms with Crippen LogP contribution in [0.5, 0.6) is 5.75 Å². The number of para-hydroxylation sites is 1. The molecule has 0 aliphatic carbocycles. The summed E-state index contributed by atoms with van der Waals surface area (Å²) in [7, 11) is -1.78. The Labute approximate surface area is 143 Å². The molecule has 0 amide bonds. The number of ether oxygens (including phenoxy) is 1. The second-order valence-electron chi connectivity index (χ2n) is 5.06. The van der Waals surface area contributed by atoms with Gasteiger partial charge in [-0.25, -0.2) is 0 Å². The van der Waals surface area contributed by atoms with E-state index in [2.05, 4.69) is 5.32 Å². The molecule has 0 aliphatic heterocycles. The highest BCUT2D eigenvalue weighted by Crippen LogP contribution is 2.60. The molecule has 0 bridgehead atoms. The molecule has 2 aromatic rings. The van der Waals surface area contributed by atoms with Gasteiger partial charge in [0.1, 0.15) is 5.75 Å². The highest BCUT2D eigenvalue weighted by Gasteiger charge is 2.37. The largest absolute Gasteiger partial charge is 0.497 e. The molecule has 2 rings (SSSR count). The monoisotopic (exact) mass is 349 g/mol. The normalized spacial score (nSPS) is 12.6. The molecule has 1 atom stereocenters. The smallest absolute Gasteiger partial charge is 0.357 e. The van der Waals surface area contributed by atoms with Gasteiger partial charge >= 0.3 is 7.60 Å². The van der Waals surface area contributed by atoms with Crippen molar-refractivity contribution in [1.29, 1.82) is 0 Å². The third-order valence-corrected chi connectivity index (χ3v) is 5.74. The summed E-state index contributed by atoms with van der Waals surface area (Å²) in [6, 6.07) is 17.0. The standard InChI is InChI=1S/C18H24NO4P/c1-4-22-24(20,23-5-2)18(19-16-9-7-6-8-10-16)15-11-13-17(21-3)14-12-15/h6-14,18-19H,4-5H2,1-3H3/t18-/m0/s1. The number of hydrogen-bond donors (Lipinski definition) is 1. The van der Waals surface area contributed by atoms with Crippen LogP contribution in [0.15, 0.2) is 54.6 Å². The van der Waals surface area contributed by atoms with Crippen molar-refractivity contribution in [2.75, 3.05) is 25.6 Å². The third kappa shape index (κ3) is 4.60. The minimum atomic E-state index is -3.39. The molecule has 24 heavy (non-hydrogen) atoms. The van der Waals surface area contributed by atoms with E-state index in [1.165, 1.54) is 0 Å². The third-order valence-electron chi connectivity index (χ3n) is 3.44. The van der Waals surface area contributed by atoms with Gasteiger partial charge < -0.3 is 19.1 Å². The lowest BCUT2D eigenvalue weighted by molar-refractivity contribution is 0.214. The Balaban J connectivity index is 2.40. The van der Waals surface area contributed by atoms with Gasteiger partial charge in [0, 0.05) is 5.69 Å². The van der Waals surface area contributed by atoms with Crippen LogP contribution < -0.4 is 10.1 Å². The van der Waals surface area contributed by atoms with Crippen molar-refractivity contribution in [3.05, 3.63) is 60.2 Å². The molecule has 0 spiro atoms. The van der Waals surface area contributed by atoms with Crippen molar-refractivity contribution in [3.63, 3.8) is 0 Å².